The Balaban J connectivity index is 0.00000338. The van der Waals surface area contributed by atoms with Crippen LogP contribution in [0.15, 0.2) is 29.3 Å². The van der Waals surface area contributed by atoms with Crippen molar-refractivity contribution in [2.75, 3.05) is 39.5 Å². The van der Waals surface area contributed by atoms with E-state index in [2.05, 4.69) is 22.5 Å². The number of hydrogen-bond acceptors (Lipinski definition) is 4. The molecule has 2 rings (SSSR count). The Morgan fingerprint density at radius 2 is 2.12 bits per heavy atom. The van der Waals surface area contributed by atoms with Crippen molar-refractivity contribution < 1.29 is 14.2 Å². The first kappa shape index (κ1) is 23.0. The van der Waals surface area contributed by atoms with Crippen molar-refractivity contribution in [3.8, 4) is 5.75 Å². The molecular weight excluding hydrogens is 445 g/mol. The Bertz CT molecular complexity index is 523. The van der Waals surface area contributed by atoms with Gasteiger partial charge in [0.2, 0.25) is 0 Å². The van der Waals surface area contributed by atoms with E-state index in [0.717, 1.165) is 43.3 Å². The van der Waals surface area contributed by atoms with Crippen molar-refractivity contribution in [1.82, 2.24) is 10.6 Å². The molecule has 1 atom stereocenters. The van der Waals surface area contributed by atoms with Crippen molar-refractivity contribution in [2.45, 2.75) is 39.3 Å². The van der Waals surface area contributed by atoms with Crippen LogP contribution in [0.25, 0.3) is 0 Å². The number of nitrogens with one attached hydrogen (secondary N) is 2. The molecule has 1 aromatic rings. The van der Waals surface area contributed by atoms with Gasteiger partial charge in [-0.2, -0.15) is 0 Å². The number of hydrogen-bond donors (Lipinski definition) is 2. The number of ether oxygens (including phenoxy) is 3. The van der Waals surface area contributed by atoms with Gasteiger partial charge in [-0.25, -0.2) is 4.99 Å². The highest BCUT2D eigenvalue weighted by Crippen LogP contribution is 2.18. The van der Waals surface area contributed by atoms with E-state index >= 15 is 0 Å². The summed E-state index contributed by atoms with van der Waals surface area (Å²) in [6, 6.07) is 8.01. The lowest BCUT2D eigenvalue weighted by molar-refractivity contribution is 0.0191. The van der Waals surface area contributed by atoms with Gasteiger partial charge in [-0.15, -0.1) is 24.0 Å². The Kier molecular flexibility index (Phi) is 12.4. The van der Waals surface area contributed by atoms with Gasteiger partial charge in [0.15, 0.2) is 5.96 Å². The van der Waals surface area contributed by atoms with Gasteiger partial charge in [0.1, 0.15) is 5.75 Å². The van der Waals surface area contributed by atoms with Crippen LogP contribution in [0.1, 0.15) is 32.3 Å². The molecule has 0 radical (unpaired) electrons. The van der Waals surface area contributed by atoms with Crippen LogP contribution < -0.4 is 15.4 Å². The van der Waals surface area contributed by atoms with Gasteiger partial charge in [-0.1, -0.05) is 18.2 Å². The second-order valence-electron chi connectivity index (χ2n) is 5.87. The smallest absolute Gasteiger partial charge is 0.191 e. The van der Waals surface area contributed by atoms with Crippen molar-refractivity contribution >= 4 is 29.9 Å². The van der Waals surface area contributed by atoms with E-state index in [1.807, 2.05) is 31.2 Å². The highest BCUT2D eigenvalue weighted by atomic mass is 127. The second-order valence-corrected chi connectivity index (χ2v) is 5.87. The monoisotopic (exact) mass is 477 g/mol. The fourth-order valence-electron chi connectivity index (χ4n) is 2.67. The molecule has 0 bridgehead atoms. The van der Waals surface area contributed by atoms with Crippen LogP contribution in [-0.2, 0) is 16.0 Å². The van der Waals surface area contributed by atoms with E-state index < -0.39 is 0 Å². The summed E-state index contributed by atoms with van der Waals surface area (Å²) < 4.78 is 16.9. The second kappa shape index (κ2) is 14.1. The van der Waals surface area contributed by atoms with Crippen LogP contribution >= 0.6 is 24.0 Å². The molecule has 1 saturated heterocycles. The minimum atomic E-state index is 0. The van der Waals surface area contributed by atoms with Crippen LogP contribution in [0.2, 0.25) is 0 Å². The third-order valence-electron chi connectivity index (χ3n) is 3.89. The maximum atomic E-state index is 5.67. The van der Waals surface area contributed by atoms with Gasteiger partial charge in [-0.3, -0.25) is 0 Å². The number of guanidine groups is 1. The lowest BCUT2D eigenvalue weighted by Crippen LogP contribution is -2.39. The fourth-order valence-corrected chi connectivity index (χ4v) is 2.67. The third kappa shape index (κ3) is 8.55. The van der Waals surface area contributed by atoms with Gasteiger partial charge in [0, 0.05) is 25.3 Å². The Labute approximate surface area is 174 Å². The molecule has 0 spiro atoms. The van der Waals surface area contributed by atoms with Gasteiger partial charge >= 0.3 is 0 Å². The Morgan fingerprint density at radius 3 is 2.85 bits per heavy atom. The molecule has 0 saturated carbocycles. The maximum absolute atomic E-state index is 5.67. The maximum Gasteiger partial charge on any atom is 0.191 e. The van der Waals surface area contributed by atoms with E-state index in [1.54, 1.807) is 0 Å². The number of para-hydroxylation sites is 1. The molecule has 0 amide bonds. The molecule has 0 aliphatic carbocycles. The molecule has 26 heavy (non-hydrogen) atoms. The van der Waals surface area contributed by atoms with Crippen LogP contribution in [0.3, 0.4) is 0 Å². The fraction of sp³-hybridized carbons (Fsp3) is 0.632. The summed E-state index contributed by atoms with van der Waals surface area (Å²) in [6.07, 6.45) is 2.53. The lowest BCUT2D eigenvalue weighted by atomic mass is 10.2. The molecular formula is C19H32IN3O3. The first-order valence-electron chi connectivity index (χ1n) is 9.25. The van der Waals surface area contributed by atoms with Gasteiger partial charge in [-0.05, 0) is 32.8 Å². The normalized spacial score (nSPS) is 16.8. The average Bonchev–Trinajstić information content (AvgIpc) is 3.14. The third-order valence-corrected chi connectivity index (χ3v) is 3.89. The molecule has 6 nitrogen and oxygen atoms in total. The van der Waals surface area contributed by atoms with E-state index in [9.17, 15) is 0 Å². The lowest BCUT2D eigenvalue weighted by Gasteiger charge is -2.14. The van der Waals surface area contributed by atoms with Crippen molar-refractivity contribution in [2.24, 2.45) is 4.99 Å². The van der Waals surface area contributed by atoms with Crippen molar-refractivity contribution in [3.63, 3.8) is 0 Å². The van der Waals surface area contributed by atoms with Gasteiger partial charge < -0.3 is 24.8 Å². The summed E-state index contributed by atoms with van der Waals surface area (Å²) in [5.74, 6) is 1.68. The first-order valence-corrected chi connectivity index (χ1v) is 9.25. The first-order chi connectivity index (χ1) is 12.3. The summed E-state index contributed by atoms with van der Waals surface area (Å²) in [5.41, 5.74) is 1.08. The average molecular weight is 477 g/mol. The molecule has 2 N–H and O–H groups in total. The number of aliphatic imine (C=N–C) groups is 1. The summed E-state index contributed by atoms with van der Waals surface area (Å²) in [5, 5.41) is 6.55. The number of nitrogens with zero attached hydrogens (tertiary/aromatic N) is 1. The molecule has 1 aliphatic heterocycles. The van der Waals surface area contributed by atoms with Gasteiger partial charge in [0.05, 0.1) is 32.5 Å². The van der Waals surface area contributed by atoms with E-state index in [1.165, 1.54) is 0 Å². The molecule has 1 aliphatic rings. The zero-order valence-corrected chi connectivity index (χ0v) is 18.2. The zero-order chi connectivity index (χ0) is 17.7. The molecule has 7 heteroatoms. The predicted octanol–water partition coefficient (Wildman–Crippen LogP) is 2.95. The summed E-state index contributed by atoms with van der Waals surface area (Å²) in [6.45, 7) is 8.98. The van der Waals surface area contributed by atoms with Crippen LogP contribution in [0.5, 0.6) is 5.75 Å². The van der Waals surface area contributed by atoms with Crippen LogP contribution in [0.4, 0.5) is 0 Å². The highest BCUT2D eigenvalue weighted by Gasteiger charge is 2.14. The van der Waals surface area contributed by atoms with E-state index in [4.69, 9.17) is 14.2 Å². The molecule has 1 unspecified atom stereocenters. The molecule has 1 heterocycles. The quantitative estimate of drug-likeness (QED) is 0.235. The van der Waals surface area contributed by atoms with Crippen LogP contribution in [-0.4, -0.2) is 51.6 Å². The Morgan fingerprint density at radius 1 is 1.27 bits per heavy atom. The minimum absolute atomic E-state index is 0. The van der Waals surface area contributed by atoms with E-state index in [-0.39, 0.29) is 30.1 Å². The summed E-state index contributed by atoms with van der Waals surface area (Å²) in [7, 11) is 0. The van der Waals surface area contributed by atoms with Crippen molar-refractivity contribution in [3.05, 3.63) is 29.8 Å². The van der Waals surface area contributed by atoms with Crippen molar-refractivity contribution in [1.29, 1.82) is 0 Å². The topological polar surface area (TPSA) is 64.1 Å². The molecule has 1 fully saturated rings. The molecule has 1 aromatic carbocycles. The van der Waals surface area contributed by atoms with Gasteiger partial charge in [0.25, 0.3) is 0 Å². The largest absolute Gasteiger partial charge is 0.494 e. The summed E-state index contributed by atoms with van der Waals surface area (Å²) in [4.78, 5) is 4.64. The zero-order valence-electron chi connectivity index (χ0n) is 15.8. The number of halogens is 1. The number of rotatable bonds is 10. The molecule has 148 valence electrons. The van der Waals surface area contributed by atoms with E-state index in [0.29, 0.717) is 32.9 Å². The predicted molar refractivity (Wildman–Crippen MR) is 116 cm³/mol. The Hall–Kier alpha value is -1.06. The van der Waals surface area contributed by atoms with Crippen LogP contribution in [0, 0.1) is 0 Å². The SMILES string of the molecule is CCNC(=NCc1ccccc1OCC)NCCOCC1CCCO1.I. The summed E-state index contributed by atoms with van der Waals surface area (Å²) >= 11 is 0. The minimum Gasteiger partial charge on any atom is -0.494 e. The standard InChI is InChI=1S/C19H31N3O3.HI/c1-3-20-19(21-11-13-23-15-17-9-7-12-25-17)22-14-16-8-5-6-10-18(16)24-4-2;/h5-6,8,10,17H,3-4,7,9,11-15H2,1-2H3,(H2,20,21,22);1H. The number of benzene rings is 1. The highest BCUT2D eigenvalue weighted by molar-refractivity contribution is 14.0. The molecule has 0 aromatic heterocycles.